The summed E-state index contributed by atoms with van der Waals surface area (Å²) in [6.07, 6.45) is 0.717. The van der Waals surface area contributed by atoms with Gasteiger partial charge >= 0.3 is 5.97 Å². The zero-order chi connectivity index (χ0) is 16.0. The van der Waals surface area contributed by atoms with E-state index in [0.29, 0.717) is 6.42 Å². The van der Waals surface area contributed by atoms with E-state index in [1.165, 1.54) is 23.9 Å². The highest BCUT2D eigenvalue weighted by atomic mass is 16.5. The molecular weight excluding hydrogens is 264 g/mol. The van der Waals surface area contributed by atoms with Crippen LogP contribution in [0.1, 0.15) is 31.4 Å². The van der Waals surface area contributed by atoms with Crippen molar-refractivity contribution in [2.45, 2.75) is 46.2 Å². The minimum absolute atomic E-state index is 0.197. The van der Waals surface area contributed by atoms with Crippen LogP contribution in [-0.4, -0.2) is 38.8 Å². The van der Waals surface area contributed by atoms with Crippen LogP contribution >= 0.6 is 0 Å². The molecule has 0 saturated carbocycles. The Balaban J connectivity index is 2.67. The first-order valence-electron chi connectivity index (χ1n) is 7.46. The van der Waals surface area contributed by atoms with Gasteiger partial charge in [-0.1, -0.05) is 19.9 Å². The van der Waals surface area contributed by atoms with Crippen molar-refractivity contribution in [3.05, 3.63) is 29.3 Å². The lowest BCUT2D eigenvalue weighted by atomic mass is 10.1. The first-order chi connectivity index (χ1) is 9.83. The zero-order valence-electron chi connectivity index (χ0n) is 14.1. The van der Waals surface area contributed by atoms with E-state index >= 15 is 0 Å². The second-order valence-electron chi connectivity index (χ2n) is 5.95. The molecule has 0 aromatic heterocycles. The average Bonchev–Trinajstić information content (AvgIpc) is 2.40. The molecule has 4 heteroatoms. The van der Waals surface area contributed by atoms with Gasteiger partial charge in [0.1, 0.15) is 6.04 Å². The Hall–Kier alpha value is -1.55. The molecule has 1 aromatic carbocycles. The lowest BCUT2D eigenvalue weighted by molar-refractivity contribution is -0.143. The summed E-state index contributed by atoms with van der Waals surface area (Å²) in [4.78, 5) is 14.0. The Labute approximate surface area is 128 Å². The predicted molar refractivity (Wildman–Crippen MR) is 87.9 cm³/mol. The molecular formula is C17H28N2O2. The van der Waals surface area contributed by atoms with Crippen LogP contribution in [0.3, 0.4) is 0 Å². The molecule has 1 unspecified atom stereocenters. The number of esters is 1. The normalized spacial score (nSPS) is 12.3. The number of hydrogen-bond donors (Lipinski definition) is 1. The van der Waals surface area contributed by atoms with E-state index in [1.54, 1.807) is 0 Å². The molecule has 1 atom stereocenters. The van der Waals surface area contributed by atoms with Crippen LogP contribution in [0.15, 0.2) is 18.2 Å². The van der Waals surface area contributed by atoms with Crippen molar-refractivity contribution < 1.29 is 9.53 Å². The van der Waals surface area contributed by atoms with E-state index in [4.69, 9.17) is 4.74 Å². The second-order valence-corrected chi connectivity index (χ2v) is 5.95. The molecule has 0 fully saturated rings. The third-order valence-corrected chi connectivity index (χ3v) is 3.42. The largest absolute Gasteiger partial charge is 0.468 e. The van der Waals surface area contributed by atoms with Crippen LogP contribution in [0, 0.1) is 13.8 Å². The van der Waals surface area contributed by atoms with Crippen LogP contribution in [0.4, 0.5) is 5.69 Å². The minimum Gasteiger partial charge on any atom is -0.468 e. The fourth-order valence-electron chi connectivity index (χ4n) is 2.44. The number of nitrogens with zero attached hydrogens (tertiary/aromatic N) is 1. The van der Waals surface area contributed by atoms with Crippen LogP contribution in [0.25, 0.3) is 0 Å². The Morgan fingerprint density at radius 2 is 1.81 bits per heavy atom. The van der Waals surface area contributed by atoms with Gasteiger partial charge in [0, 0.05) is 25.3 Å². The molecule has 4 nitrogen and oxygen atoms in total. The maximum atomic E-state index is 11.8. The fraction of sp³-hybridized carbons (Fsp3) is 0.588. The number of aryl methyl sites for hydroxylation is 2. The Bertz CT molecular complexity index is 452. The van der Waals surface area contributed by atoms with Crippen molar-refractivity contribution >= 4 is 11.7 Å². The lowest BCUT2D eigenvalue weighted by Gasteiger charge is -2.24. The number of anilines is 1. The number of hydrogen-bond acceptors (Lipinski definition) is 4. The molecule has 1 N–H and O–H groups in total. The molecule has 118 valence electrons. The molecule has 0 aliphatic rings. The van der Waals surface area contributed by atoms with Crippen molar-refractivity contribution in [1.29, 1.82) is 0 Å². The number of rotatable bonds is 7. The quantitative estimate of drug-likeness (QED) is 0.785. The summed E-state index contributed by atoms with van der Waals surface area (Å²) in [6.45, 7) is 9.05. The Kier molecular flexibility index (Phi) is 6.69. The molecule has 21 heavy (non-hydrogen) atoms. The first kappa shape index (κ1) is 17.5. The van der Waals surface area contributed by atoms with Gasteiger partial charge in [0.2, 0.25) is 0 Å². The summed E-state index contributed by atoms with van der Waals surface area (Å²) in [5.41, 5.74) is 3.68. The van der Waals surface area contributed by atoms with E-state index in [9.17, 15) is 4.79 Å². The van der Waals surface area contributed by atoms with Gasteiger partial charge in [-0.15, -0.1) is 0 Å². The Morgan fingerprint density at radius 3 is 2.29 bits per heavy atom. The van der Waals surface area contributed by atoms with Gasteiger partial charge in [-0.2, -0.15) is 0 Å². The molecule has 1 aromatic rings. The topological polar surface area (TPSA) is 41.6 Å². The van der Waals surface area contributed by atoms with E-state index in [0.717, 1.165) is 6.54 Å². The molecule has 0 aliphatic heterocycles. The molecule has 0 amide bonds. The number of carbonyl (C=O) groups is 1. The molecule has 0 heterocycles. The number of carbonyl (C=O) groups excluding carboxylic acids is 1. The number of benzene rings is 1. The standard InChI is InChI=1S/C17H28N2O2/c1-12(2)18-16(17(20)21-6)7-8-19(5)15-10-13(3)9-14(4)11-15/h9-12,16,18H,7-8H2,1-6H3. The molecule has 0 spiro atoms. The highest BCUT2D eigenvalue weighted by molar-refractivity contribution is 5.75. The van der Waals surface area contributed by atoms with Gasteiger partial charge in [0.15, 0.2) is 0 Å². The van der Waals surface area contributed by atoms with E-state index in [-0.39, 0.29) is 18.1 Å². The molecule has 0 saturated heterocycles. The van der Waals surface area contributed by atoms with Gasteiger partial charge in [-0.25, -0.2) is 0 Å². The van der Waals surface area contributed by atoms with Gasteiger partial charge in [0.25, 0.3) is 0 Å². The lowest BCUT2D eigenvalue weighted by Crippen LogP contribution is -2.43. The maximum Gasteiger partial charge on any atom is 0.322 e. The summed E-state index contributed by atoms with van der Waals surface area (Å²) in [5.74, 6) is -0.197. The monoisotopic (exact) mass is 292 g/mol. The van der Waals surface area contributed by atoms with Crippen LogP contribution in [0.2, 0.25) is 0 Å². The fourth-order valence-corrected chi connectivity index (χ4v) is 2.44. The molecule has 0 bridgehead atoms. The third-order valence-electron chi connectivity index (χ3n) is 3.42. The smallest absolute Gasteiger partial charge is 0.322 e. The zero-order valence-corrected chi connectivity index (χ0v) is 14.1. The molecule has 1 rings (SSSR count). The van der Waals surface area contributed by atoms with E-state index < -0.39 is 0 Å². The van der Waals surface area contributed by atoms with Crippen LogP contribution in [0.5, 0.6) is 0 Å². The van der Waals surface area contributed by atoms with Crippen LogP contribution < -0.4 is 10.2 Å². The van der Waals surface area contributed by atoms with E-state index in [1.807, 2.05) is 13.8 Å². The van der Waals surface area contributed by atoms with Crippen molar-refractivity contribution in [2.75, 3.05) is 25.6 Å². The number of methoxy groups -OCH3 is 1. The minimum atomic E-state index is -0.261. The first-order valence-corrected chi connectivity index (χ1v) is 7.46. The van der Waals surface area contributed by atoms with Gasteiger partial charge in [-0.05, 0) is 43.5 Å². The maximum absolute atomic E-state index is 11.8. The number of nitrogens with one attached hydrogen (secondary N) is 1. The highest BCUT2D eigenvalue weighted by Crippen LogP contribution is 2.18. The molecule has 0 radical (unpaired) electrons. The third kappa shape index (κ3) is 5.76. The molecule has 0 aliphatic carbocycles. The van der Waals surface area contributed by atoms with Crippen LogP contribution in [-0.2, 0) is 9.53 Å². The summed E-state index contributed by atoms with van der Waals surface area (Å²) >= 11 is 0. The van der Waals surface area contributed by atoms with Crippen molar-refractivity contribution in [1.82, 2.24) is 5.32 Å². The van der Waals surface area contributed by atoms with Crippen molar-refractivity contribution in [3.63, 3.8) is 0 Å². The SMILES string of the molecule is COC(=O)C(CCN(C)c1cc(C)cc(C)c1)NC(C)C. The highest BCUT2D eigenvalue weighted by Gasteiger charge is 2.20. The summed E-state index contributed by atoms with van der Waals surface area (Å²) in [5, 5.41) is 3.26. The van der Waals surface area contributed by atoms with Gasteiger partial charge < -0.3 is 15.0 Å². The summed E-state index contributed by atoms with van der Waals surface area (Å²) < 4.78 is 4.87. The summed E-state index contributed by atoms with van der Waals surface area (Å²) in [6, 6.07) is 6.48. The van der Waals surface area contributed by atoms with Crippen molar-refractivity contribution in [2.24, 2.45) is 0 Å². The van der Waals surface area contributed by atoms with E-state index in [2.05, 4.69) is 49.3 Å². The Morgan fingerprint density at radius 1 is 1.24 bits per heavy atom. The second kappa shape index (κ2) is 8.03. The number of ether oxygens (including phenoxy) is 1. The predicted octanol–water partition coefficient (Wildman–Crippen LogP) is 2.67. The van der Waals surface area contributed by atoms with Crippen molar-refractivity contribution in [3.8, 4) is 0 Å². The van der Waals surface area contributed by atoms with Gasteiger partial charge in [0.05, 0.1) is 7.11 Å². The van der Waals surface area contributed by atoms with Gasteiger partial charge in [-0.3, -0.25) is 4.79 Å². The average molecular weight is 292 g/mol. The summed E-state index contributed by atoms with van der Waals surface area (Å²) in [7, 11) is 3.49.